The molecular weight excluding hydrogens is 352 g/mol. The van der Waals surface area contributed by atoms with Crippen LogP contribution in [0.2, 0.25) is 5.02 Å². The van der Waals surface area contributed by atoms with E-state index in [2.05, 4.69) is 19.3 Å². The number of benzene rings is 2. The SMILES string of the molecule is CCOc1ccc(C(C)(C)c2ccc(OCC(O)CNN)cc2)cc1Cl. The first-order valence-electron chi connectivity index (χ1n) is 8.66. The highest BCUT2D eigenvalue weighted by Crippen LogP contribution is 2.36. The highest BCUT2D eigenvalue weighted by molar-refractivity contribution is 6.32. The molecular formula is C20H27ClN2O3. The molecule has 142 valence electrons. The number of halogens is 1. The van der Waals surface area contributed by atoms with Gasteiger partial charge in [-0.1, -0.05) is 43.6 Å². The topological polar surface area (TPSA) is 76.7 Å². The second kappa shape index (κ2) is 9.24. The average Bonchev–Trinajstić information content (AvgIpc) is 2.62. The van der Waals surface area contributed by atoms with E-state index < -0.39 is 6.10 Å². The van der Waals surface area contributed by atoms with Crippen LogP contribution in [0.5, 0.6) is 11.5 Å². The maximum absolute atomic E-state index is 9.64. The van der Waals surface area contributed by atoms with Crippen LogP contribution in [0.25, 0.3) is 0 Å². The third-order valence-corrected chi connectivity index (χ3v) is 4.62. The summed E-state index contributed by atoms with van der Waals surface area (Å²) in [6.45, 7) is 7.27. The molecule has 0 aliphatic heterocycles. The molecule has 2 aromatic carbocycles. The molecule has 6 heteroatoms. The Kier molecular flexibility index (Phi) is 7.29. The molecule has 0 heterocycles. The molecule has 0 bridgehead atoms. The Bertz CT molecular complexity index is 705. The molecule has 0 radical (unpaired) electrons. The molecule has 0 aliphatic carbocycles. The van der Waals surface area contributed by atoms with E-state index in [0.717, 1.165) is 11.1 Å². The van der Waals surface area contributed by atoms with E-state index in [1.807, 2.05) is 49.4 Å². The van der Waals surface area contributed by atoms with Crippen LogP contribution >= 0.6 is 11.6 Å². The largest absolute Gasteiger partial charge is 0.492 e. The van der Waals surface area contributed by atoms with Crippen LogP contribution in [-0.4, -0.2) is 31.0 Å². The van der Waals surface area contributed by atoms with Crippen molar-refractivity contribution in [1.82, 2.24) is 5.43 Å². The molecule has 0 amide bonds. The molecule has 4 N–H and O–H groups in total. The number of hydrazine groups is 1. The lowest BCUT2D eigenvalue weighted by molar-refractivity contribution is 0.106. The summed E-state index contributed by atoms with van der Waals surface area (Å²) in [4.78, 5) is 0. The van der Waals surface area contributed by atoms with Crippen molar-refractivity contribution in [2.75, 3.05) is 19.8 Å². The van der Waals surface area contributed by atoms with Gasteiger partial charge < -0.3 is 14.6 Å². The Morgan fingerprint density at radius 2 is 1.77 bits per heavy atom. The van der Waals surface area contributed by atoms with Gasteiger partial charge in [0, 0.05) is 12.0 Å². The van der Waals surface area contributed by atoms with Gasteiger partial charge in [0.2, 0.25) is 0 Å². The second-order valence-electron chi connectivity index (χ2n) is 6.60. The van der Waals surface area contributed by atoms with Crippen molar-refractivity contribution in [1.29, 1.82) is 0 Å². The van der Waals surface area contributed by atoms with E-state index in [1.165, 1.54) is 0 Å². The van der Waals surface area contributed by atoms with Crippen molar-refractivity contribution in [2.45, 2.75) is 32.3 Å². The van der Waals surface area contributed by atoms with Gasteiger partial charge in [-0.3, -0.25) is 11.3 Å². The maximum atomic E-state index is 9.64. The van der Waals surface area contributed by atoms with Crippen LogP contribution in [0, 0.1) is 0 Å². The van der Waals surface area contributed by atoms with Crippen molar-refractivity contribution in [3.63, 3.8) is 0 Å². The number of ether oxygens (including phenoxy) is 2. The zero-order valence-electron chi connectivity index (χ0n) is 15.5. The molecule has 5 nitrogen and oxygen atoms in total. The average molecular weight is 379 g/mol. The Balaban J connectivity index is 2.12. The maximum Gasteiger partial charge on any atom is 0.137 e. The smallest absolute Gasteiger partial charge is 0.137 e. The third kappa shape index (κ3) is 5.11. The fraction of sp³-hybridized carbons (Fsp3) is 0.400. The minimum absolute atomic E-state index is 0.182. The summed E-state index contributed by atoms with van der Waals surface area (Å²) in [5.74, 6) is 6.57. The molecule has 0 saturated carbocycles. The standard InChI is InChI=1S/C20H27ClN2O3/c1-4-25-19-10-7-15(11-18(19)21)20(2,3)14-5-8-17(9-6-14)26-13-16(24)12-23-22/h5-11,16,23-24H,4,12-13,22H2,1-3H3. The normalized spacial score (nSPS) is 12.7. The molecule has 26 heavy (non-hydrogen) atoms. The van der Waals surface area contributed by atoms with Crippen LogP contribution in [0.1, 0.15) is 31.9 Å². The first kappa shape index (κ1) is 20.5. The highest BCUT2D eigenvalue weighted by Gasteiger charge is 2.24. The Morgan fingerprint density at radius 1 is 1.12 bits per heavy atom. The van der Waals surface area contributed by atoms with Crippen LogP contribution in [-0.2, 0) is 5.41 Å². The van der Waals surface area contributed by atoms with Gasteiger partial charge in [0.15, 0.2) is 0 Å². The number of rotatable bonds is 9. The van der Waals surface area contributed by atoms with E-state index in [0.29, 0.717) is 23.1 Å². The first-order chi connectivity index (χ1) is 12.4. The van der Waals surface area contributed by atoms with Gasteiger partial charge in [-0.25, -0.2) is 0 Å². The van der Waals surface area contributed by atoms with Gasteiger partial charge in [0.05, 0.1) is 11.6 Å². The molecule has 0 spiro atoms. The van der Waals surface area contributed by atoms with Gasteiger partial charge in [-0.2, -0.15) is 0 Å². The van der Waals surface area contributed by atoms with Crippen molar-refractivity contribution < 1.29 is 14.6 Å². The van der Waals surface area contributed by atoms with Crippen molar-refractivity contribution in [3.05, 3.63) is 58.6 Å². The summed E-state index contributed by atoms with van der Waals surface area (Å²) in [6, 6.07) is 13.7. The van der Waals surface area contributed by atoms with E-state index in [-0.39, 0.29) is 18.6 Å². The molecule has 1 unspecified atom stereocenters. The van der Waals surface area contributed by atoms with E-state index in [4.69, 9.17) is 26.9 Å². The Morgan fingerprint density at radius 3 is 2.35 bits per heavy atom. The van der Waals surface area contributed by atoms with Crippen molar-refractivity contribution >= 4 is 11.6 Å². The van der Waals surface area contributed by atoms with Crippen molar-refractivity contribution in [2.24, 2.45) is 5.84 Å². The summed E-state index contributed by atoms with van der Waals surface area (Å²) in [5, 5.41) is 10.3. The minimum Gasteiger partial charge on any atom is -0.492 e. The third-order valence-electron chi connectivity index (χ3n) is 4.33. The Hall–Kier alpha value is -1.79. The fourth-order valence-electron chi connectivity index (χ4n) is 2.68. The van der Waals surface area contributed by atoms with Gasteiger partial charge in [-0.05, 0) is 42.3 Å². The van der Waals surface area contributed by atoms with Gasteiger partial charge >= 0.3 is 0 Å². The molecule has 0 aromatic heterocycles. The predicted octanol–water partition coefficient (Wildman–Crippen LogP) is 3.27. The monoisotopic (exact) mass is 378 g/mol. The van der Waals surface area contributed by atoms with Gasteiger partial charge in [0.25, 0.3) is 0 Å². The minimum atomic E-state index is -0.651. The fourth-order valence-corrected chi connectivity index (χ4v) is 2.92. The zero-order chi connectivity index (χ0) is 19.2. The van der Waals surface area contributed by atoms with Crippen molar-refractivity contribution in [3.8, 4) is 11.5 Å². The lowest BCUT2D eigenvalue weighted by Gasteiger charge is -2.27. The van der Waals surface area contributed by atoms with E-state index in [1.54, 1.807) is 0 Å². The molecule has 0 saturated heterocycles. The number of aliphatic hydroxyl groups is 1. The van der Waals surface area contributed by atoms with E-state index in [9.17, 15) is 5.11 Å². The summed E-state index contributed by atoms with van der Waals surface area (Å²) in [6.07, 6.45) is -0.651. The summed E-state index contributed by atoms with van der Waals surface area (Å²) < 4.78 is 11.1. The van der Waals surface area contributed by atoms with Crippen LogP contribution in [0.4, 0.5) is 0 Å². The van der Waals surface area contributed by atoms with Crippen LogP contribution in [0.3, 0.4) is 0 Å². The number of nitrogens with two attached hydrogens (primary N) is 1. The zero-order valence-corrected chi connectivity index (χ0v) is 16.2. The molecule has 0 aliphatic rings. The number of aliphatic hydroxyl groups excluding tert-OH is 1. The molecule has 2 aromatic rings. The lowest BCUT2D eigenvalue weighted by atomic mass is 9.78. The summed E-state index contributed by atoms with van der Waals surface area (Å²) in [5.41, 5.74) is 4.43. The quantitative estimate of drug-likeness (QED) is 0.461. The molecule has 2 rings (SSSR count). The summed E-state index contributed by atoms with van der Waals surface area (Å²) in [7, 11) is 0. The first-order valence-corrected chi connectivity index (χ1v) is 9.04. The van der Waals surface area contributed by atoms with Crippen LogP contribution < -0.4 is 20.7 Å². The summed E-state index contributed by atoms with van der Waals surface area (Å²) >= 11 is 6.34. The Labute approximate surface area is 160 Å². The van der Waals surface area contributed by atoms with Gasteiger partial charge in [-0.15, -0.1) is 0 Å². The highest BCUT2D eigenvalue weighted by atomic mass is 35.5. The number of nitrogens with one attached hydrogen (secondary N) is 1. The number of hydrogen-bond donors (Lipinski definition) is 3. The second-order valence-corrected chi connectivity index (χ2v) is 7.01. The lowest BCUT2D eigenvalue weighted by Crippen LogP contribution is -2.35. The van der Waals surface area contributed by atoms with Gasteiger partial charge in [0.1, 0.15) is 24.2 Å². The predicted molar refractivity (Wildman–Crippen MR) is 105 cm³/mol. The number of hydrogen-bond acceptors (Lipinski definition) is 5. The molecule has 1 atom stereocenters. The molecule has 0 fully saturated rings. The van der Waals surface area contributed by atoms with E-state index >= 15 is 0 Å². The van der Waals surface area contributed by atoms with Crippen LogP contribution in [0.15, 0.2) is 42.5 Å².